The molecule has 1 atom stereocenters. The van der Waals surface area contributed by atoms with Gasteiger partial charge in [-0.05, 0) is 13.3 Å². The van der Waals surface area contributed by atoms with Crippen molar-refractivity contribution in [2.24, 2.45) is 0 Å². The minimum absolute atomic E-state index is 0.0169. The van der Waals surface area contributed by atoms with E-state index in [-0.39, 0.29) is 11.5 Å². The zero-order valence-corrected chi connectivity index (χ0v) is 13.0. The van der Waals surface area contributed by atoms with Crippen molar-refractivity contribution < 1.29 is 4.42 Å². The third-order valence-corrected chi connectivity index (χ3v) is 3.10. The Morgan fingerprint density at radius 2 is 2.10 bits per heavy atom. The minimum atomic E-state index is -0.0169. The molecule has 0 aliphatic carbocycles. The van der Waals surface area contributed by atoms with Crippen LogP contribution in [0.3, 0.4) is 0 Å². The van der Waals surface area contributed by atoms with Gasteiger partial charge in [-0.15, -0.1) is 0 Å². The maximum absolute atomic E-state index is 5.84. The first-order chi connectivity index (χ1) is 9.40. The van der Waals surface area contributed by atoms with Gasteiger partial charge >= 0.3 is 0 Å². The molecule has 0 aromatic carbocycles. The molecule has 0 aliphatic heterocycles. The third kappa shape index (κ3) is 3.40. The molecule has 2 aromatic rings. The van der Waals surface area contributed by atoms with Crippen LogP contribution in [0.1, 0.15) is 58.7 Å². The summed E-state index contributed by atoms with van der Waals surface area (Å²) in [5, 5.41) is 7.66. The predicted octanol–water partition coefficient (Wildman–Crippen LogP) is 3.75. The summed E-state index contributed by atoms with van der Waals surface area (Å²) in [7, 11) is 0. The van der Waals surface area contributed by atoms with E-state index in [0.29, 0.717) is 5.89 Å². The van der Waals surface area contributed by atoms with Crippen molar-refractivity contribution >= 4 is 5.69 Å². The lowest BCUT2D eigenvalue weighted by Gasteiger charge is -2.14. The summed E-state index contributed by atoms with van der Waals surface area (Å²) >= 11 is 0. The van der Waals surface area contributed by atoms with E-state index >= 15 is 0 Å². The van der Waals surface area contributed by atoms with Crippen molar-refractivity contribution in [3.8, 4) is 0 Å². The van der Waals surface area contributed by atoms with Crippen LogP contribution in [-0.2, 0) is 12.0 Å². The molecule has 0 radical (unpaired) electrons. The third-order valence-electron chi connectivity index (χ3n) is 3.10. The van der Waals surface area contributed by atoms with Crippen LogP contribution >= 0.6 is 0 Å². The van der Waals surface area contributed by atoms with Crippen molar-refractivity contribution in [3.05, 3.63) is 30.2 Å². The number of anilines is 1. The highest BCUT2D eigenvalue weighted by atomic mass is 16.4. The molecule has 5 nitrogen and oxygen atoms in total. The molecule has 0 saturated heterocycles. The number of oxazole rings is 1. The number of aryl methyl sites for hydroxylation is 1. The van der Waals surface area contributed by atoms with Gasteiger partial charge in [-0.25, -0.2) is 4.98 Å². The topological polar surface area (TPSA) is 55.9 Å². The smallest absolute Gasteiger partial charge is 0.216 e. The summed E-state index contributed by atoms with van der Waals surface area (Å²) in [4.78, 5) is 4.37. The standard InChI is InChI=1S/C15H24N4O/c1-6-7-19-10-12(8-17-19)18-11(2)14-16-9-13(20-14)15(3,4)5/h8-11,18H,6-7H2,1-5H3. The highest BCUT2D eigenvalue weighted by molar-refractivity contribution is 5.39. The fraction of sp³-hybridized carbons (Fsp3) is 0.600. The summed E-state index contributed by atoms with van der Waals surface area (Å²) in [5.41, 5.74) is 0.971. The molecule has 1 N–H and O–H groups in total. The van der Waals surface area contributed by atoms with Crippen LogP contribution in [0.25, 0.3) is 0 Å². The number of aromatic nitrogens is 3. The molecule has 0 saturated carbocycles. The Labute approximate surface area is 120 Å². The van der Waals surface area contributed by atoms with Crippen LogP contribution in [-0.4, -0.2) is 14.8 Å². The highest BCUT2D eigenvalue weighted by Gasteiger charge is 2.21. The quantitative estimate of drug-likeness (QED) is 0.903. The van der Waals surface area contributed by atoms with Gasteiger partial charge in [0.05, 0.1) is 18.1 Å². The summed E-state index contributed by atoms with van der Waals surface area (Å²) < 4.78 is 7.77. The Morgan fingerprint density at radius 1 is 1.35 bits per heavy atom. The van der Waals surface area contributed by atoms with E-state index in [1.165, 1.54) is 0 Å². The number of nitrogens with one attached hydrogen (secondary N) is 1. The summed E-state index contributed by atoms with van der Waals surface area (Å²) in [6, 6.07) is 0.0189. The van der Waals surface area contributed by atoms with Gasteiger partial charge in [0.1, 0.15) is 11.8 Å². The number of hydrogen-bond donors (Lipinski definition) is 1. The van der Waals surface area contributed by atoms with Gasteiger partial charge < -0.3 is 9.73 Å². The Morgan fingerprint density at radius 3 is 2.70 bits per heavy atom. The van der Waals surface area contributed by atoms with E-state index < -0.39 is 0 Å². The molecular weight excluding hydrogens is 252 g/mol. The Balaban J connectivity index is 2.03. The lowest BCUT2D eigenvalue weighted by Crippen LogP contribution is -2.10. The zero-order valence-electron chi connectivity index (χ0n) is 13.0. The van der Waals surface area contributed by atoms with Crippen LogP contribution < -0.4 is 5.32 Å². The van der Waals surface area contributed by atoms with Crippen molar-refractivity contribution in [1.82, 2.24) is 14.8 Å². The summed E-state index contributed by atoms with van der Waals surface area (Å²) in [6.45, 7) is 11.5. The summed E-state index contributed by atoms with van der Waals surface area (Å²) in [5.74, 6) is 1.61. The Hall–Kier alpha value is -1.78. The molecule has 1 unspecified atom stereocenters. The second-order valence-corrected chi connectivity index (χ2v) is 6.17. The van der Waals surface area contributed by atoms with Gasteiger partial charge in [-0.2, -0.15) is 5.10 Å². The largest absolute Gasteiger partial charge is 0.443 e. The molecular formula is C15H24N4O. The first-order valence-electron chi connectivity index (χ1n) is 7.15. The maximum atomic E-state index is 5.84. The monoisotopic (exact) mass is 276 g/mol. The average molecular weight is 276 g/mol. The van der Waals surface area contributed by atoms with Gasteiger partial charge in [0.25, 0.3) is 0 Å². The van der Waals surface area contributed by atoms with E-state index in [1.54, 1.807) is 0 Å². The first kappa shape index (κ1) is 14.6. The molecule has 2 rings (SSSR count). The second kappa shape index (κ2) is 5.69. The molecule has 20 heavy (non-hydrogen) atoms. The van der Waals surface area contributed by atoms with E-state index in [2.05, 4.69) is 43.1 Å². The molecule has 5 heteroatoms. The van der Waals surface area contributed by atoms with Gasteiger partial charge in [-0.1, -0.05) is 27.7 Å². The van der Waals surface area contributed by atoms with Crippen LogP contribution in [0.2, 0.25) is 0 Å². The van der Waals surface area contributed by atoms with Crippen LogP contribution in [0.5, 0.6) is 0 Å². The number of rotatable bonds is 5. The minimum Gasteiger partial charge on any atom is -0.443 e. The van der Waals surface area contributed by atoms with Crippen LogP contribution in [0.4, 0.5) is 5.69 Å². The van der Waals surface area contributed by atoms with Crippen LogP contribution in [0.15, 0.2) is 23.0 Å². The van der Waals surface area contributed by atoms with Crippen molar-refractivity contribution in [3.63, 3.8) is 0 Å². The molecule has 0 spiro atoms. The highest BCUT2D eigenvalue weighted by Crippen LogP contribution is 2.26. The fourth-order valence-corrected chi connectivity index (χ4v) is 1.94. The number of nitrogens with zero attached hydrogens (tertiary/aromatic N) is 3. The van der Waals surface area contributed by atoms with Crippen molar-refractivity contribution in [2.75, 3.05) is 5.32 Å². The predicted molar refractivity (Wildman–Crippen MR) is 79.8 cm³/mol. The average Bonchev–Trinajstić information content (AvgIpc) is 2.97. The van der Waals surface area contributed by atoms with E-state index in [4.69, 9.17) is 4.42 Å². The lowest BCUT2D eigenvalue weighted by atomic mass is 9.94. The molecule has 0 aliphatic rings. The SMILES string of the molecule is CCCn1cc(NC(C)c2ncc(C(C)(C)C)o2)cn1. The van der Waals surface area contributed by atoms with E-state index in [0.717, 1.165) is 24.4 Å². The Bertz CT molecular complexity index is 550. The van der Waals surface area contributed by atoms with Gasteiger partial charge in [0, 0.05) is 18.2 Å². The zero-order chi connectivity index (χ0) is 14.8. The Kier molecular flexibility index (Phi) is 4.16. The molecule has 2 aromatic heterocycles. The molecule has 0 fully saturated rings. The fourth-order valence-electron chi connectivity index (χ4n) is 1.94. The number of hydrogen-bond acceptors (Lipinski definition) is 4. The second-order valence-electron chi connectivity index (χ2n) is 6.17. The van der Waals surface area contributed by atoms with Crippen LogP contribution in [0, 0.1) is 0 Å². The maximum Gasteiger partial charge on any atom is 0.216 e. The van der Waals surface area contributed by atoms with Gasteiger partial charge in [0.2, 0.25) is 5.89 Å². The lowest BCUT2D eigenvalue weighted by molar-refractivity contribution is 0.374. The van der Waals surface area contributed by atoms with Gasteiger partial charge in [0.15, 0.2) is 0 Å². The van der Waals surface area contributed by atoms with Crippen molar-refractivity contribution in [2.45, 2.75) is 59.0 Å². The normalized spacial score (nSPS) is 13.4. The van der Waals surface area contributed by atoms with Crippen molar-refractivity contribution in [1.29, 1.82) is 0 Å². The molecule has 110 valence electrons. The van der Waals surface area contributed by atoms with Gasteiger partial charge in [-0.3, -0.25) is 4.68 Å². The molecule has 0 amide bonds. The van der Waals surface area contributed by atoms with E-state index in [9.17, 15) is 0 Å². The molecule has 2 heterocycles. The first-order valence-corrected chi connectivity index (χ1v) is 7.15. The van der Waals surface area contributed by atoms with E-state index in [1.807, 2.05) is 30.2 Å². The molecule has 0 bridgehead atoms. The summed E-state index contributed by atoms with van der Waals surface area (Å²) in [6.07, 6.45) is 6.73.